The maximum Gasteiger partial charge on any atom is 0.225 e. The maximum absolute atomic E-state index is 12.3. The van der Waals surface area contributed by atoms with Gasteiger partial charge in [0.05, 0.1) is 0 Å². The Hall–Kier alpha value is -2.66. The first-order valence-corrected chi connectivity index (χ1v) is 13.6. The second kappa shape index (κ2) is 32.4. The van der Waals surface area contributed by atoms with Crippen LogP contribution in [-0.2, 0) is 25.7 Å². The van der Waals surface area contributed by atoms with Crippen molar-refractivity contribution in [3.63, 3.8) is 0 Å². The number of rotatable bonds is 19. The van der Waals surface area contributed by atoms with Crippen molar-refractivity contribution >= 4 is 31.1 Å². The first-order valence-electron chi connectivity index (χ1n) is 13.6. The molecule has 0 bridgehead atoms. The van der Waals surface area contributed by atoms with Gasteiger partial charge in [0.15, 0.2) is 0 Å². The van der Waals surface area contributed by atoms with Gasteiger partial charge in [0.25, 0.3) is 0 Å². The second-order valence-electron chi connectivity index (χ2n) is 7.96. The zero-order valence-electron chi connectivity index (χ0n) is 24.4. The predicted octanol–water partition coefficient (Wildman–Crippen LogP) is 3.69. The zero-order valence-corrected chi connectivity index (χ0v) is 24.4. The molecule has 0 saturated heterocycles. The number of carbonyl (C=O) groups is 4. The van der Waals surface area contributed by atoms with E-state index in [1.54, 1.807) is 25.2 Å². The van der Waals surface area contributed by atoms with E-state index in [1.807, 2.05) is 20.6 Å². The smallest absolute Gasteiger partial charge is 0.225 e. The van der Waals surface area contributed by atoms with Crippen molar-refractivity contribution < 1.29 is 23.9 Å². The van der Waals surface area contributed by atoms with Crippen molar-refractivity contribution in [2.75, 3.05) is 45.2 Å². The summed E-state index contributed by atoms with van der Waals surface area (Å²) < 4.78 is 5.49. The van der Waals surface area contributed by atoms with Crippen molar-refractivity contribution in [2.24, 2.45) is 5.73 Å². The third kappa shape index (κ3) is 23.7. The Morgan fingerprint density at radius 1 is 1.03 bits per heavy atom. The van der Waals surface area contributed by atoms with E-state index in [0.29, 0.717) is 49.3 Å². The molecule has 0 fully saturated rings. The molecule has 0 spiro atoms. The number of hydrogen-bond acceptors (Lipinski definition) is 8. The van der Waals surface area contributed by atoms with E-state index in [-0.39, 0.29) is 12.5 Å². The van der Waals surface area contributed by atoms with Gasteiger partial charge in [0, 0.05) is 56.6 Å². The minimum Gasteiger partial charge on any atom is -0.381 e. The lowest BCUT2D eigenvalue weighted by molar-refractivity contribution is -0.116. The van der Waals surface area contributed by atoms with Crippen LogP contribution in [0.2, 0.25) is 0 Å². The fraction of sp³-hybridized carbons (Fsp3) is 0.643. The normalized spacial score (nSPS) is 9.55. The van der Waals surface area contributed by atoms with Crippen molar-refractivity contribution in [2.45, 2.75) is 79.2 Å². The average molecular weight is 540 g/mol. The Morgan fingerprint density at radius 3 is 2.24 bits per heavy atom. The number of ether oxygens (including phenoxy) is 1. The summed E-state index contributed by atoms with van der Waals surface area (Å²) >= 11 is 0. The van der Waals surface area contributed by atoms with Crippen LogP contribution < -0.4 is 21.8 Å². The van der Waals surface area contributed by atoms with Crippen LogP contribution in [0.25, 0.3) is 0 Å². The number of carbonyl (C=O) groups excluding carboxylic acids is 4. The van der Waals surface area contributed by atoms with Crippen LogP contribution in [0.3, 0.4) is 0 Å². The highest BCUT2D eigenvalue weighted by Gasteiger charge is 2.12. The standard InChI is InChI=1S/C20H33N5O4.C5H12.C2H6.CH2O/c1-25(23-16-27)14-18-17(15-26)6-4-7-19(18)24-20(28)8-11-22-10-5-13-29-12-3-2-9-21;1-3-5-4-2;2*1-2/h4,6-7,15-16,22H,2-3,5,8-14,21H2,1H3,(H,23,27)(H,24,28);3-5H2,1-2H3;1-2H3;1H2. The van der Waals surface area contributed by atoms with Crippen LogP contribution in [0.5, 0.6) is 0 Å². The minimum absolute atomic E-state index is 0.147. The van der Waals surface area contributed by atoms with Gasteiger partial charge in [-0.3, -0.25) is 19.8 Å². The molecule has 38 heavy (non-hydrogen) atoms. The molecular weight excluding hydrogens is 486 g/mol. The third-order valence-corrected chi connectivity index (χ3v) is 4.90. The number of hydrogen-bond donors (Lipinski definition) is 4. The van der Waals surface area contributed by atoms with Crippen molar-refractivity contribution in [1.29, 1.82) is 0 Å². The van der Waals surface area contributed by atoms with Gasteiger partial charge in [-0.25, -0.2) is 5.01 Å². The largest absolute Gasteiger partial charge is 0.381 e. The number of nitrogens with two attached hydrogens (primary N) is 1. The van der Waals surface area contributed by atoms with Crippen LogP contribution in [0.4, 0.5) is 5.69 Å². The molecule has 0 heterocycles. The van der Waals surface area contributed by atoms with Gasteiger partial charge in [-0.15, -0.1) is 0 Å². The summed E-state index contributed by atoms with van der Waals surface area (Å²) in [7, 11) is 1.67. The summed E-state index contributed by atoms with van der Waals surface area (Å²) in [6.45, 7) is 14.2. The average Bonchev–Trinajstić information content (AvgIpc) is 2.94. The fourth-order valence-corrected chi connectivity index (χ4v) is 3.02. The van der Waals surface area contributed by atoms with E-state index < -0.39 is 0 Å². The number of benzene rings is 1. The minimum atomic E-state index is -0.147. The molecule has 220 valence electrons. The van der Waals surface area contributed by atoms with Crippen LogP contribution in [0, 0.1) is 0 Å². The molecule has 2 amide bonds. The van der Waals surface area contributed by atoms with Gasteiger partial charge in [0.1, 0.15) is 13.1 Å². The molecule has 0 saturated carbocycles. The molecule has 0 unspecified atom stereocenters. The Balaban J connectivity index is -0.00000119. The number of nitrogens with zero attached hydrogens (tertiary/aromatic N) is 1. The van der Waals surface area contributed by atoms with E-state index >= 15 is 0 Å². The van der Waals surface area contributed by atoms with Crippen LogP contribution in [-0.4, -0.2) is 70.3 Å². The molecule has 10 heteroatoms. The van der Waals surface area contributed by atoms with Gasteiger partial charge in [0.2, 0.25) is 12.3 Å². The SMILES string of the molecule is C=O.CC.CCCCC.CN(Cc1c(C=O)cccc1NC(=O)CCNCCCOCCCCN)NC=O. The Morgan fingerprint density at radius 2 is 1.68 bits per heavy atom. The molecule has 0 aliphatic rings. The second-order valence-corrected chi connectivity index (χ2v) is 7.96. The summed E-state index contributed by atoms with van der Waals surface area (Å²) in [6, 6.07) is 5.12. The highest BCUT2D eigenvalue weighted by Crippen LogP contribution is 2.20. The van der Waals surface area contributed by atoms with Gasteiger partial charge in [-0.1, -0.05) is 59.1 Å². The molecule has 0 aliphatic carbocycles. The molecule has 5 N–H and O–H groups in total. The first kappa shape index (κ1) is 39.8. The molecule has 10 nitrogen and oxygen atoms in total. The van der Waals surface area contributed by atoms with E-state index in [1.165, 1.54) is 24.3 Å². The van der Waals surface area contributed by atoms with Crippen LogP contribution in [0.15, 0.2) is 18.2 Å². The number of unbranched alkanes of at least 4 members (excludes halogenated alkanes) is 3. The predicted molar refractivity (Wildman–Crippen MR) is 156 cm³/mol. The monoisotopic (exact) mass is 539 g/mol. The molecular formula is C28H53N5O5. The fourth-order valence-electron chi connectivity index (χ4n) is 3.02. The molecule has 0 radical (unpaired) electrons. The summed E-state index contributed by atoms with van der Waals surface area (Å²) in [5.74, 6) is -0.147. The highest BCUT2D eigenvalue weighted by atomic mass is 16.5. The lowest BCUT2D eigenvalue weighted by atomic mass is 10.1. The van der Waals surface area contributed by atoms with E-state index in [0.717, 1.165) is 38.7 Å². The summed E-state index contributed by atoms with van der Waals surface area (Å²) in [4.78, 5) is 42.2. The first-order chi connectivity index (χ1) is 18.5. The molecule has 0 aliphatic heterocycles. The van der Waals surface area contributed by atoms with Gasteiger partial charge < -0.3 is 25.9 Å². The molecule has 0 atom stereocenters. The maximum atomic E-state index is 12.3. The Labute approximate surface area is 230 Å². The summed E-state index contributed by atoms with van der Waals surface area (Å²) in [6.07, 6.45) is 8.52. The summed E-state index contributed by atoms with van der Waals surface area (Å²) in [5, 5.41) is 7.60. The van der Waals surface area contributed by atoms with Crippen LogP contribution >= 0.6 is 0 Å². The van der Waals surface area contributed by atoms with E-state index in [9.17, 15) is 14.4 Å². The highest BCUT2D eigenvalue weighted by molar-refractivity contribution is 5.93. The van der Waals surface area contributed by atoms with Gasteiger partial charge >= 0.3 is 0 Å². The van der Waals surface area contributed by atoms with Gasteiger partial charge in [-0.2, -0.15) is 0 Å². The third-order valence-electron chi connectivity index (χ3n) is 4.90. The van der Waals surface area contributed by atoms with E-state index in [2.05, 4.69) is 29.9 Å². The quantitative estimate of drug-likeness (QED) is 0.118. The van der Waals surface area contributed by atoms with Crippen LogP contribution in [0.1, 0.15) is 88.6 Å². The Kier molecular flexibility index (Phi) is 33.9. The number of anilines is 1. The zero-order chi connectivity index (χ0) is 29.4. The van der Waals surface area contributed by atoms with E-state index in [4.69, 9.17) is 15.3 Å². The number of hydrazine groups is 1. The van der Waals surface area contributed by atoms with Crippen molar-refractivity contribution in [3.8, 4) is 0 Å². The molecule has 1 aromatic carbocycles. The lowest BCUT2D eigenvalue weighted by Gasteiger charge is -2.19. The number of amides is 2. The summed E-state index contributed by atoms with van der Waals surface area (Å²) in [5.41, 5.74) is 9.59. The topological polar surface area (TPSA) is 143 Å². The lowest BCUT2D eigenvalue weighted by Crippen LogP contribution is -2.33. The number of aldehydes is 1. The van der Waals surface area contributed by atoms with Crippen molar-refractivity contribution in [1.82, 2.24) is 15.8 Å². The molecule has 1 aromatic rings. The van der Waals surface area contributed by atoms with Crippen molar-refractivity contribution in [3.05, 3.63) is 29.3 Å². The number of nitrogens with one attached hydrogen (secondary N) is 3. The molecule has 0 aromatic heterocycles. The Bertz CT molecular complexity index is 690. The van der Waals surface area contributed by atoms with Gasteiger partial charge in [-0.05, 0) is 38.4 Å². The molecule has 1 rings (SSSR count).